The summed E-state index contributed by atoms with van der Waals surface area (Å²) in [5.74, 6) is -4.18. The maximum atomic E-state index is 13.2. The molecule has 1 rings (SSSR count). The van der Waals surface area contributed by atoms with Crippen LogP contribution in [0.2, 0.25) is 0 Å². The molecule has 0 radical (unpaired) electrons. The first kappa shape index (κ1) is 16.3. The van der Waals surface area contributed by atoms with E-state index in [-0.39, 0.29) is 24.7 Å². The summed E-state index contributed by atoms with van der Waals surface area (Å²) in [6, 6.07) is 3.33. The number of rotatable bonds is 6. The van der Waals surface area contributed by atoms with E-state index >= 15 is 0 Å². The van der Waals surface area contributed by atoms with Gasteiger partial charge >= 0.3 is 5.97 Å². The van der Waals surface area contributed by atoms with Gasteiger partial charge in [0.25, 0.3) is 0 Å². The third kappa shape index (κ3) is 4.11. The van der Waals surface area contributed by atoms with Crippen molar-refractivity contribution in [3.05, 3.63) is 35.4 Å². The van der Waals surface area contributed by atoms with E-state index in [1.54, 1.807) is 20.8 Å². The van der Waals surface area contributed by atoms with E-state index in [1.165, 1.54) is 6.07 Å². The zero-order valence-electron chi connectivity index (χ0n) is 11.8. The van der Waals surface area contributed by atoms with Crippen LogP contribution in [0.15, 0.2) is 18.2 Å². The Bertz CT molecular complexity index is 498. The number of carbonyl (C=O) groups is 2. The molecule has 5 heteroatoms. The standard InChI is InChI=1S/C15H18F2O3/c1-4-20-15(19)11(14(18)9(2)3)7-10-5-6-12(16)13(17)8-10/h5-6,8-9,11H,4,7H2,1-3H3. The third-order valence-electron chi connectivity index (χ3n) is 2.91. The minimum Gasteiger partial charge on any atom is -0.465 e. The van der Waals surface area contributed by atoms with Gasteiger partial charge in [-0.05, 0) is 31.0 Å². The summed E-state index contributed by atoms with van der Waals surface area (Å²) < 4.78 is 30.9. The van der Waals surface area contributed by atoms with Crippen LogP contribution in [-0.2, 0) is 20.7 Å². The van der Waals surface area contributed by atoms with E-state index in [1.807, 2.05) is 0 Å². The number of hydrogen-bond donors (Lipinski definition) is 0. The number of Topliss-reactive ketones (excluding diaryl/α,β-unsaturated/α-hetero) is 1. The Hall–Kier alpha value is -1.78. The summed E-state index contributed by atoms with van der Waals surface area (Å²) in [4.78, 5) is 23.9. The van der Waals surface area contributed by atoms with E-state index in [9.17, 15) is 18.4 Å². The molecule has 0 aliphatic heterocycles. The van der Waals surface area contributed by atoms with Crippen LogP contribution in [0.25, 0.3) is 0 Å². The summed E-state index contributed by atoms with van der Waals surface area (Å²) in [6.45, 7) is 5.17. The monoisotopic (exact) mass is 284 g/mol. The molecule has 110 valence electrons. The van der Waals surface area contributed by atoms with Crippen LogP contribution in [0.4, 0.5) is 8.78 Å². The highest BCUT2D eigenvalue weighted by Gasteiger charge is 2.30. The zero-order chi connectivity index (χ0) is 15.3. The maximum Gasteiger partial charge on any atom is 0.316 e. The van der Waals surface area contributed by atoms with Crippen LogP contribution >= 0.6 is 0 Å². The summed E-state index contributed by atoms with van der Waals surface area (Å²) in [7, 11) is 0. The van der Waals surface area contributed by atoms with E-state index in [0.29, 0.717) is 5.56 Å². The minimum atomic E-state index is -0.998. The average molecular weight is 284 g/mol. The predicted molar refractivity (Wildman–Crippen MR) is 70.0 cm³/mol. The molecule has 1 atom stereocenters. The van der Waals surface area contributed by atoms with Crippen molar-refractivity contribution in [1.29, 1.82) is 0 Å². The molecule has 0 saturated carbocycles. The van der Waals surface area contributed by atoms with Gasteiger partial charge in [-0.15, -0.1) is 0 Å². The lowest BCUT2D eigenvalue weighted by atomic mass is 9.89. The van der Waals surface area contributed by atoms with Crippen molar-refractivity contribution < 1.29 is 23.1 Å². The first-order valence-electron chi connectivity index (χ1n) is 6.51. The highest BCUT2D eigenvalue weighted by molar-refractivity contribution is 6.00. The van der Waals surface area contributed by atoms with E-state index < -0.39 is 23.5 Å². The Kier molecular flexibility index (Phi) is 5.80. The zero-order valence-corrected chi connectivity index (χ0v) is 11.8. The lowest BCUT2D eigenvalue weighted by Gasteiger charge is -2.16. The molecule has 0 heterocycles. The molecular weight excluding hydrogens is 266 g/mol. The number of carbonyl (C=O) groups excluding carboxylic acids is 2. The first-order chi connectivity index (χ1) is 9.36. The van der Waals surface area contributed by atoms with E-state index in [4.69, 9.17) is 4.74 Å². The average Bonchev–Trinajstić information content (AvgIpc) is 2.39. The maximum absolute atomic E-state index is 13.2. The molecule has 0 N–H and O–H groups in total. The Morgan fingerprint density at radius 2 is 1.85 bits per heavy atom. The highest BCUT2D eigenvalue weighted by atomic mass is 19.2. The smallest absolute Gasteiger partial charge is 0.316 e. The topological polar surface area (TPSA) is 43.4 Å². The lowest BCUT2D eigenvalue weighted by molar-refractivity contribution is -0.152. The number of esters is 1. The second-order valence-corrected chi connectivity index (χ2v) is 4.81. The molecular formula is C15H18F2O3. The van der Waals surface area contributed by atoms with E-state index in [2.05, 4.69) is 0 Å². The van der Waals surface area contributed by atoms with Gasteiger partial charge in [-0.2, -0.15) is 0 Å². The molecule has 1 aromatic carbocycles. The molecule has 0 spiro atoms. The van der Waals surface area contributed by atoms with E-state index in [0.717, 1.165) is 12.1 Å². The van der Waals surface area contributed by atoms with Crippen molar-refractivity contribution in [2.75, 3.05) is 6.61 Å². The lowest BCUT2D eigenvalue weighted by Crippen LogP contribution is -2.31. The molecule has 0 amide bonds. The molecule has 0 fully saturated rings. The molecule has 0 saturated heterocycles. The van der Waals surface area contributed by atoms with Gasteiger partial charge < -0.3 is 4.74 Å². The number of ketones is 1. The van der Waals surface area contributed by atoms with Crippen LogP contribution < -0.4 is 0 Å². The van der Waals surface area contributed by atoms with Gasteiger partial charge in [0.15, 0.2) is 11.6 Å². The number of halogens is 2. The molecule has 0 aliphatic rings. The number of hydrogen-bond acceptors (Lipinski definition) is 3. The van der Waals surface area contributed by atoms with Crippen LogP contribution in [0, 0.1) is 23.5 Å². The molecule has 1 aromatic rings. The second-order valence-electron chi connectivity index (χ2n) is 4.81. The van der Waals surface area contributed by atoms with Gasteiger partial charge in [0.2, 0.25) is 0 Å². The first-order valence-corrected chi connectivity index (χ1v) is 6.51. The molecule has 1 unspecified atom stereocenters. The molecule has 0 aromatic heterocycles. The molecule has 0 bridgehead atoms. The fourth-order valence-corrected chi connectivity index (χ4v) is 1.85. The Labute approximate surface area is 116 Å². The molecule has 20 heavy (non-hydrogen) atoms. The van der Waals surface area contributed by atoms with Gasteiger partial charge in [-0.25, -0.2) is 8.78 Å². The van der Waals surface area contributed by atoms with Crippen molar-refractivity contribution in [3.8, 4) is 0 Å². The van der Waals surface area contributed by atoms with Crippen molar-refractivity contribution in [1.82, 2.24) is 0 Å². The van der Waals surface area contributed by atoms with Crippen LogP contribution in [-0.4, -0.2) is 18.4 Å². The largest absolute Gasteiger partial charge is 0.465 e. The summed E-state index contributed by atoms with van der Waals surface area (Å²) in [5, 5.41) is 0. The van der Waals surface area contributed by atoms with Crippen molar-refractivity contribution in [2.24, 2.45) is 11.8 Å². The number of ether oxygens (including phenoxy) is 1. The highest BCUT2D eigenvalue weighted by Crippen LogP contribution is 2.18. The van der Waals surface area contributed by atoms with Gasteiger partial charge in [-0.1, -0.05) is 19.9 Å². The van der Waals surface area contributed by atoms with Crippen LogP contribution in [0.5, 0.6) is 0 Å². The fourth-order valence-electron chi connectivity index (χ4n) is 1.85. The van der Waals surface area contributed by atoms with Gasteiger partial charge in [0.1, 0.15) is 11.7 Å². The second kappa shape index (κ2) is 7.12. The summed E-state index contributed by atoms with van der Waals surface area (Å²) in [6.07, 6.45) is 0.00699. The Morgan fingerprint density at radius 1 is 1.20 bits per heavy atom. The normalized spacial score (nSPS) is 12.3. The predicted octanol–water partition coefficient (Wildman–Crippen LogP) is 2.91. The Morgan fingerprint density at radius 3 is 2.35 bits per heavy atom. The van der Waals surface area contributed by atoms with Crippen molar-refractivity contribution >= 4 is 11.8 Å². The third-order valence-corrected chi connectivity index (χ3v) is 2.91. The Balaban J connectivity index is 2.96. The number of benzene rings is 1. The SMILES string of the molecule is CCOC(=O)C(Cc1ccc(F)c(F)c1)C(=O)C(C)C. The quantitative estimate of drug-likeness (QED) is 0.596. The summed E-state index contributed by atoms with van der Waals surface area (Å²) in [5.41, 5.74) is 0.385. The van der Waals surface area contributed by atoms with Crippen molar-refractivity contribution in [3.63, 3.8) is 0 Å². The fraction of sp³-hybridized carbons (Fsp3) is 0.467. The molecule has 3 nitrogen and oxygen atoms in total. The van der Waals surface area contributed by atoms with Crippen molar-refractivity contribution in [2.45, 2.75) is 27.2 Å². The van der Waals surface area contributed by atoms with Crippen LogP contribution in [0.3, 0.4) is 0 Å². The van der Waals surface area contributed by atoms with Gasteiger partial charge in [0, 0.05) is 5.92 Å². The van der Waals surface area contributed by atoms with Gasteiger partial charge in [-0.3, -0.25) is 9.59 Å². The summed E-state index contributed by atoms with van der Waals surface area (Å²) >= 11 is 0. The molecule has 0 aliphatic carbocycles. The minimum absolute atomic E-state index is 0.00699. The van der Waals surface area contributed by atoms with Crippen LogP contribution in [0.1, 0.15) is 26.3 Å². The van der Waals surface area contributed by atoms with Gasteiger partial charge in [0.05, 0.1) is 6.61 Å².